The van der Waals surface area contributed by atoms with Crippen molar-refractivity contribution in [2.45, 2.75) is 6.92 Å². The van der Waals surface area contributed by atoms with Gasteiger partial charge in [0.15, 0.2) is 0 Å². The summed E-state index contributed by atoms with van der Waals surface area (Å²) in [5.74, 6) is 0.0760. The van der Waals surface area contributed by atoms with Crippen molar-refractivity contribution in [3.8, 4) is 5.75 Å². The highest BCUT2D eigenvalue weighted by atomic mass is 16.3. The average Bonchev–Trinajstić information content (AvgIpc) is 2.29. The van der Waals surface area contributed by atoms with Crippen LogP contribution in [0.15, 0.2) is 36.5 Å². The van der Waals surface area contributed by atoms with Gasteiger partial charge in [0, 0.05) is 17.5 Å². The maximum atomic E-state index is 11.8. The van der Waals surface area contributed by atoms with Gasteiger partial charge >= 0.3 is 0 Å². The van der Waals surface area contributed by atoms with E-state index < -0.39 is 0 Å². The molecule has 0 atom stereocenters. The van der Waals surface area contributed by atoms with Gasteiger partial charge in [-0.05, 0) is 37.3 Å². The molecule has 17 heavy (non-hydrogen) atoms. The predicted octanol–water partition coefficient (Wildman–Crippen LogP) is 1.74. The quantitative estimate of drug-likeness (QED) is 0.822. The molecule has 5 nitrogen and oxygen atoms in total. The Bertz CT molecular complexity index is 538. The number of benzene rings is 1. The molecule has 86 valence electrons. The van der Waals surface area contributed by atoms with Crippen molar-refractivity contribution < 1.29 is 9.90 Å². The molecular formula is C12H11N3O2. The maximum Gasteiger partial charge on any atom is 0.258 e. The first kappa shape index (κ1) is 11.1. The number of aromatic hydroxyl groups is 1. The van der Waals surface area contributed by atoms with Gasteiger partial charge in [-0.3, -0.25) is 10.1 Å². The lowest BCUT2D eigenvalue weighted by atomic mass is 10.2. The molecule has 0 fully saturated rings. The van der Waals surface area contributed by atoms with E-state index in [4.69, 9.17) is 5.11 Å². The minimum absolute atomic E-state index is 0.119. The lowest BCUT2D eigenvalue weighted by molar-refractivity contribution is 0.102. The highest BCUT2D eigenvalue weighted by molar-refractivity contribution is 6.03. The van der Waals surface area contributed by atoms with Crippen LogP contribution in [-0.4, -0.2) is 21.0 Å². The minimum Gasteiger partial charge on any atom is -0.508 e. The maximum absolute atomic E-state index is 11.8. The number of aryl methyl sites for hydroxylation is 1. The van der Waals surface area contributed by atoms with Gasteiger partial charge in [-0.15, -0.1) is 0 Å². The number of phenolic OH excluding ortho intramolecular Hbond substituents is 1. The third-order valence-electron chi connectivity index (χ3n) is 2.15. The predicted molar refractivity (Wildman–Crippen MR) is 62.8 cm³/mol. The molecule has 0 aliphatic rings. The topological polar surface area (TPSA) is 75.1 Å². The van der Waals surface area contributed by atoms with E-state index in [2.05, 4.69) is 15.3 Å². The highest BCUT2D eigenvalue weighted by Gasteiger charge is 2.07. The van der Waals surface area contributed by atoms with E-state index in [9.17, 15) is 4.79 Å². The van der Waals surface area contributed by atoms with E-state index in [0.717, 1.165) is 5.69 Å². The molecule has 0 aliphatic carbocycles. The van der Waals surface area contributed by atoms with Gasteiger partial charge in [-0.2, -0.15) is 0 Å². The Morgan fingerprint density at radius 2 is 1.94 bits per heavy atom. The van der Waals surface area contributed by atoms with E-state index in [1.165, 1.54) is 24.3 Å². The summed E-state index contributed by atoms with van der Waals surface area (Å²) in [7, 11) is 0. The Morgan fingerprint density at radius 1 is 1.24 bits per heavy atom. The van der Waals surface area contributed by atoms with Crippen LogP contribution in [0.25, 0.3) is 0 Å². The molecule has 2 N–H and O–H groups in total. The van der Waals surface area contributed by atoms with E-state index >= 15 is 0 Å². The first-order valence-electron chi connectivity index (χ1n) is 5.05. The number of amides is 1. The molecule has 0 radical (unpaired) electrons. The number of nitrogens with one attached hydrogen (secondary N) is 1. The van der Waals surface area contributed by atoms with Crippen molar-refractivity contribution >= 4 is 11.9 Å². The molecule has 1 aromatic carbocycles. The zero-order valence-electron chi connectivity index (χ0n) is 9.21. The molecule has 1 heterocycles. The van der Waals surface area contributed by atoms with Crippen molar-refractivity contribution in [1.82, 2.24) is 9.97 Å². The van der Waals surface area contributed by atoms with E-state index in [1.807, 2.05) is 6.92 Å². The fourth-order valence-corrected chi connectivity index (χ4v) is 1.30. The van der Waals surface area contributed by atoms with Gasteiger partial charge in [0.2, 0.25) is 5.95 Å². The van der Waals surface area contributed by atoms with Crippen molar-refractivity contribution in [2.24, 2.45) is 0 Å². The molecule has 0 saturated carbocycles. The monoisotopic (exact) mass is 229 g/mol. The summed E-state index contributed by atoms with van der Waals surface area (Å²) in [6.07, 6.45) is 1.58. The minimum atomic E-state index is -0.310. The first-order valence-corrected chi connectivity index (χ1v) is 5.05. The number of anilines is 1. The van der Waals surface area contributed by atoms with Crippen LogP contribution in [0.1, 0.15) is 16.1 Å². The van der Waals surface area contributed by atoms with Crippen molar-refractivity contribution in [3.05, 3.63) is 47.8 Å². The molecule has 1 aromatic heterocycles. The fraction of sp³-hybridized carbons (Fsp3) is 0.0833. The van der Waals surface area contributed by atoms with Gasteiger partial charge in [-0.25, -0.2) is 9.97 Å². The van der Waals surface area contributed by atoms with Crippen LogP contribution in [0.3, 0.4) is 0 Å². The number of rotatable bonds is 2. The second-order valence-corrected chi connectivity index (χ2v) is 3.52. The Hall–Kier alpha value is -2.43. The molecule has 5 heteroatoms. The number of carbonyl (C=O) groups excluding carboxylic acids is 1. The number of hydrogen-bond acceptors (Lipinski definition) is 4. The largest absolute Gasteiger partial charge is 0.508 e. The molecule has 0 aliphatic heterocycles. The highest BCUT2D eigenvalue weighted by Crippen LogP contribution is 2.10. The van der Waals surface area contributed by atoms with Crippen LogP contribution in [0.4, 0.5) is 5.95 Å². The smallest absolute Gasteiger partial charge is 0.258 e. The second-order valence-electron chi connectivity index (χ2n) is 3.52. The zero-order chi connectivity index (χ0) is 12.3. The number of phenols is 1. The van der Waals surface area contributed by atoms with Crippen molar-refractivity contribution in [1.29, 1.82) is 0 Å². The number of carbonyl (C=O) groups is 1. The second kappa shape index (κ2) is 4.61. The Balaban J connectivity index is 2.14. The molecule has 0 bridgehead atoms. The number of hydrogen-bond donors (Lipinski definition) is 2. The number of aromatic nitrogens is 2. The van der Waals surface area contributed by atoms with Crippen LogP contribution in [0.2, 0.25) is 0 Å². The van der Waals surface area contributed by atoms with E-state index in [-0.39, 0.29) is 17.6 Å². The van der Waals surface area contributed by atoms with E-state index in [0.29, 0.717) is 5.56 Å². The fourth-order valence-electron chi connectivity index (χ4n) is 1.30. The number of nitrogens with zero attached hydrogens (tertiary/aromatic N) is 2. The van der Waals surface area contributed by atoms with Gasteiger partial charge < -0.3 is 5.11 Å². The third kappa shape index (κ3) is 2.78. The van der Waals surface area contributed by atoms with Gasteiger partial charge in [0.05, 0.1) is 0 Å². The third-order valence-corrected chi connectivity index (χ3v) is 2.15. The molecule has 0 unspecified atom stereocenters. The van der Waals surface area contributed by atoms with Gasteiger partial charge in [-0.1, -0.05) is 0 Å². The SMILES string of the molecule is Cc1ccnc(NC(=O)c2ccc(O)cc2)n1. The van der Waals surface area contributed by atoms with Crippen LogP contribution in [0.5, 0.6) is 5.75 Å². The summed E-state index contributed by atoms with van der Waals surface area (Å²) < 4.78 is 0. The first-order chi connectivity index (χ1) is 8.15. The molecule has 2 rings (SSSR count). The summed E-state index contributed by atoms with van der Waals surface area (Å²) in [4.78, 5) is 19.8. The molecule has 2 aromatic rings. The zero-order valence-corrected chi connectivity index (χ0v) is 9.21. The Labute approximate surface area is 98.2 Å². The summed E-state index contributed by atoms with van der Waals surface area (Å²) in [5.41, 5.74) is 1.22. The van der Waals surface area contributed by atoms with Crippen molar-refractivity contribution in [3.63, 3.8) is 0 Å². The summed E-state index contributed by atoms with van der Waals surface area (Å²) >= 11 is 0. The van der Waals surface area contributed by atoms with Crippen LogP contribution in [0, 0.1) is 6.92 Å². The molecule has 1 amide bonds. The average molecular weight is 229 g/mol. The van der Waals surface area contributed by atoms with Gasteiger partial charge in [0.25, 0.3) is 5.91 Å². The van der Waals surface area contributed by atoms with Crippen LogP contribution >= 0.6 is 0 Å². The normalized spacial score (nSPS) is 9.94. The Kier molecular flexibility index (Phi) is 3.00. The van der Waals surface area contributed by atoms with Crippen LogP contribution < -0.4 is 5.32 Å². The standard InChI is InChI=1S/C12H11N3O2/c1-8-6-7-13-12(14-8)15-11(17)9-2-4-10(16)5-3-9/h2-7,16H,1H3,(H,13,14,15,17). The van der Waals surface area contributed by atoms with E-state index in [1.54, 1.807) is 12.3 Å². The van der Waals surface area contributed by atoms with Crippen molar-refractivity contribution in [2.75, 3.05) is 5.32 Å². The lowest BCUT2D eigenvalue weighted by Crippen LogP contribution is -2.14. The van der Waals surface area contributed by atoms with Crippen LogP contribution in [-0.2, 0) is 0 Å². The lowest BCUT2D eigenvalue weighted by Gasteiger charge is -2.03. The molecule has 0 spiro atoms. The summed E-state index contributed by atoms with van der Waals surface area (Å²) in [5, 5.41) is 11.7. The Morgan fingerprint density at radius 3 is 2.59 bits per heavy atom. The van der Waals surface area contributed by atoms with Gasteiger partial charge in [0.1, 0.15) is 5.75 Å². The summed E-state index contributed by atoms with van der Waals surface area (Å²) in [6, 6.07) is 7.70. The molecular weight excluding hydrogens is 218 g/mol. The summed E-state index contributed by atoms with van der Waals surface area (Å²) in [6.45, 7) is 1.82. The molecule has 0 saturated heterocycles.